The van der Waals surface area contributed by atoms with Crippen LogP contribution in [0.4, 0.5) is 0 Å². The molecular weight excluding hydrogens is 280 g/mol. The molecule has 0 saturated carbocycles. The van der Waals surface area contributed by atoms with Gasteiger partial charge in [0, 0.05) is 31.4 Å². The van der Waals surface area contributed by atoms with Gasteiger partial charge in [-0.05, 0) is 38.2 Å². The largest absolute Gasteiger partial charge is 0.349 e. The quantitative estimate of drug-likeness (QED) is 0.894. The summed E-state index contributed by atoms with van der Waals surface area (Å²) in [6.45, 7) is 3.49. The summed E-state index contributed by atoms with van der Waals surface area (Å²) in [6.07, 6.45) is 6.19. The van der Waals surface area contributed by atoms with Crippen molar-refractivity contribution in [3.05, 3.63) is 23.3 Å². The zero-order valence-electron chi connectivity index (χ0n) is 13.0. The molecule has 0 radical (unpaired) electrons. The number of carbonyl (C=O) groups excluding carboxylic acids is 2. The van der Waals surface area contributed by atoms with Gasteiger partial charge in [-0.15, -0.1) is 0 Å². The molecule has 1 aliphatic carbocycles. The van der Waals surface area contributed by atoms with Crippen molar-refractivity contribution < 1.29 is 9.59 Å². The van der Waals surface area contributed by atoms with Crippen molar-refractivity contribution in [3.63, 3.8) is 0 Å². The second kappa shape index (κ2) is 6.42. The first-order valence-electron chi connectivity index (χ1n) is 8.06. The lowest BCUT2D eigenvalue weighted by Gasteiger charge is -2.30. The minimum absolute atomic E-state index is 0.00458. The van der Waals surface area contributed by atoms with Crippen molar-refractivity contribution in [3.8, 4) is 0 Å². The summed E-state index contributed by atoms with van der Waals surface area (Å²) in [7, 11) is 0. The summed E-state index contributed by atoms with van der Waals surface area (Å²) in [4.78, 5) is 34.5. The van der Waals surface area contributed by atoms with E-state index in [1.807, 2.05) is 13.1 Å². The molecule has 6 heteroatoms. The second-order valence-corrected chi connectivity index (χ2v) is 6.00. The number of fused-ring (bicyclic) bond motifs is 1. The highest BCUT2D eigenvalue weighted by Crippen LogP contribution is 2.19. The van der Waals surface area contributed by atoms with Crippen LogP contribution in [0.15, 0.2) is 6.20 Å². The summed E-state index contributed by atoms with van der Waals surface area (Å²) >= 11 is 0. The SMILES string of the molecule is CCN1C[C@@H](C(=O)NCc2ncc3c(n2)CCC3)CCC1=O. The predicted octanol–water partition coefficient (Wildman–Crippen LogP) is 0.840. The van der Waals surface area contributed by atoms with Gasteiger partial charge in [-0.3, -0.25) is 9.59 Å². The van der Waals surface area contributed by atoms with Crippen LogP contribution in [0, 0.1) is 5.92 Å². The normalized spacial score (nSPS) is 20.9. The number of carbonyl (C=O) groups is 2. The molecule has 1 aromatic heterocycles. The molecule has 1 fully saturated rings. The maximum Gasteiger partial charge on any atom is 0.225 e. The Labute approximate surface area is 130 Å². The Morgan fingerprint density at radius 2 is 2.27 bits per heavy atom. The summed E-state index contributed by atoms with van der Waals surface area (Å²) < 4.78 is 0. The topological polar surface area (TPSA) is 75.2 Å². The minimum atomic E-state index is -0.118. The van der Waals surface area contributed by atoms with Crippen LogP contribution in [0.5, 0.6) is 0 Å². The van der Waals surface area contributed by atoms with Crippen molar-refractivity contribution in [2.75, 3.05) is 13.1 Å². The fraction of sp³-hybridized carbons (Fsp3) is 0.625. The molecule has 3 rings (SSSR count). The van der Waals surface area contributed by atoms with Crippen LogP contribution < -0.4 is 5.32 Å². The van der Waals surface area contributed by atoms with E-state index < -0.39 is 0 Å². The van der Waals surface area contributed by atoms with Gasteiger partial charge in [-0.2, -0.15) is 0 Å². The minimum Gasteiger partial charge on any atom is -0.349 e. The van der Waals surface area contributed by atoms with Gasteiger partial charge in [-0.25, -0.2) is 9.97 Å². The van der Waals surface area contributed by atoms with Crippen LogP contribution >= 0.6 is 0 Å². The molecule has 1 aliphatic heterocycles. The highest BCUT2D eigenvalue weighted by molar-refractivity contribution is 5.83. The van der Waals surface area contributed by atoms with Crippen LogP contribution in [0.3, 0.4) is 0 Å². The van der Waals surface area contributed by atoms with E-state index in [-0.39, 0.29) is 17.7 Å². The average molecular weight is 302 g/mol. The fourth-order valence-corrected chi connectivity index (χ4v) is 3.19. The third-order valence-corrected chi connectivity index (χ3v) is 4.54. The van der Waals surface area contributed by atoms with Gasteiger partial charge >= 0.3 is 0 Å². The molecule has 2 amide bonds. The van der Waals surface area contributed by atoms with Gasteiger partial charge in [0.15, 0.2) is 0 Å². The molecule has 0 spiro atoms. The van der Waals surface area contributed by atoms with Crippen molar-refractivity contribution in [2.45, 2.75) is 45.6 Å². The number of hydrogen-bond donors (Lipinski definition) is 1. The van der Waals surface area contributed by atoms with Gasteiger partial charge in [0.2, 0.25) is 11.8 Å². The maximum atomic E-state index is 12.3. The van der Waals surface area contributed by atoms with Crippen molar-refractivity contribution in [1.82, 2.24) is 20.2 Å². The lowest BCUT2D eigenvalue weighted by Crippen LogP contribution is -2.45. The third-order valence-electron chi connectivity index (χ3n) is 4.54. The molecular formula is C16H22N4O2. The number of amides is 2. The van der Waals surface area contributed by atoms with Crippen LogP contribution in [-0.4, -0.2) is 39.8 Å². The molecule has 0 bridgehead atoms. The first kappa shape index (κ1) is 14.9. The summed E-state index contributed by atoms with van der Waals surface area (Å²) in [5, 5.41) is 2.92. The molecule has 2 aliphatic rings. The van der Waals surface area contributed by atoms with Crippen LogP contribution in [-0.2, 0) is 29.0 Å². The van der Waals surface area contributed by atoms with Crippen LogP contribution in [0.25, 0.3) is 0 Å². The Hall–Kier alpha value is -1.98. The molecule has 1 atom stereocenters. The smallest absolute Gasteiger partial charge is 0.225 e. The number of aryl methyl sites for hydroxylation is 2. The van der Waals surface area contributed by atoms with E-state index in [4.69, 9.17) is 0 Å². The molecule has 6 nitrogen and oxygen atoms in total. The molecule has 22 heavy (non-hydrogen) atoms. The maximum absolute atomic E-state index is 12.3. The molecule has 118 valence electrons. The molecule has 1 saturated heterocycles. The lowest BCUT2D eigenvalue weighted by molar-refractivity contribution is -0.138. The van der Waals surface area contributed by atoms with E-state index in [0.717, 1.165) is 25.0 Å². The average Bonchev–Trinajstić information content (AvgIpc) is 3.00. The number of rotatable bonds is 4. The molecule has 0 aromatic carbocycles. The van der Waals surface area contributed by atoms with E-state index >= 15 is 0 Å². The van der Waals surface area contributed by atoms with Gasteiger partial charge < -0.3 is 10.2 Å². The van der Waals surface area contributed by atoms with E-state index in [1.165, 1.54) is 5.56 Å². The number of aromatic nitrogens is 2. The van der Waals surface area contributed by atoms with E-state index in [2.05, 4.69) is 15.3 Å². The highest BCUT2D eigenvalue weighted by atomic mass is 16.2. The third kappa shape index (κ3) is 3.10. The number of likely N-dealkylation sites (tertiary alicyclic amines) is 1. The van der Waals surface area contributed by atoms with E-state index in [9.17, 15) is 9.59 Å². The molecule has 1 N–H and O–H groups in total. The highest BCUT2D eigenvalue weighted by Gasteiger charge is 2.29. The number of nitrogens with zero attached hydrogens (tertiary/aromatic N) is 3. The zero-order chi connectivity index (χ0) is 15.5. The molecule has 1 aromatic rings. The Morgan fingerprint density at radius 1 is 1.41 bits per heavy atom. The predicted molar refractivity (Wildman–Crippen MR) is 80.9 cm³/mol. The monoisotopic (exact) mass is 302 g/mol. The Bertz CT molecular complexity index is 588. The van der Waals surface area contributed by atoms with Crippen molar-refractivity contribution in [1.29, 1.82) is 0 Å². The standard InChI is InChI=1S/C16H22N4O2/c1-2-20-10-12(6-7-15(20)21)16(22)18-9-14-17-8-11-4-3-5-13(11)19-14/h8,12H,2-7,9-10H2,1H3,(H,18,22)/t12-/m0/s1. The molecule has 2 heterocycles. The fourth-order valence-electron chi connectivity index (χ4n) is 3.19. The number of hydrogen-bond acceptors (Lipinski definition) is 4. The Kier molecular flexibility index (Phi) is 4.36. The summed E-state index contributed by atoms with van der Waals surface area (Å²) in [6, 6.07) is 0. The second-order valence-electron chi connectivity index (χ2n) is 6.00. The van der Waals surface area contributed by atoms with Crippen molar-refractivity contribution in [2.24, 2.45) is 5.92 Å². The summed E-state index contributed by atoms with van der Waals surface area (Å²) in [5.41, 5.74) is 2.36. The Morgan fingerprint density at radius 3 is 3.09 bits per heavy atom. The van der Waals surface area contributed by atoms with Crippen LogP contribution in [0.2, 0.25) is 0 Å². The molecule has 0 unspecified atom stereocenters. The first-order chi connectivity index (χ1) is 10.7. The van der Waals surface area contributed by atoms with E-state index in [1.54, 1.807) is 4.90 Å². The first-order valence-corrected chi connectivity index (χ1v) is 8.06. The number of piperidine rings is 1. The summed E-state index contributed by atoms with van der Waals surface area (Å²) in [5.74, 6) is 0.698. The van der Waals surface area contributed by atoms with Crippen LogP contribution in [0.1, 0.15) is 43.3 Å². The van der Waals surface area contributed by atoms with Gasteiger partial charge in [-0.1, -0.05) is 0 Å². The number of nitrogens with one attached hydrogen (secondary N) is 1. The van der Waals surface area contributed by atoms with Gasteiger partial charge in [0.25, 0.3) is 0 Å². The van der Waals surface area contributed by atoms with E-state index in [0.29, 0.717) is 38.3 Å². The van der Waals surface area contributed by atoms with Gasteiger partial charge in [0.1, 0.15) is 5.82 Å². The Balaban J connectivity index is 1.55. The zero-order valence-corrected chi connectivity index (χ0v) is 13.0. The van der Waals surface area contributed by atoms with Crippen molar-refractivity contribution >= 4 is 11.8 Å². The lowest BCUT2D eigenvalue weighted by atomic mass is 9.96. The van der Waals surface area contributed by atoms with Gasteiger partial charge in [0.05, 0.1) is 12.5 Å².